The number of hydrogen-bond donors (Lipinski definition) is 9. The molecule has 14 nitrogen and oxygen atoms in total. The van der Waals surface area contributed by atoms with E-state index < -0.39 is 86.8 Å². The quantitative estimate of drug-likeness (QED) is 0.0204. The maximum Gasteiger partial charge on any atom is 0.220 e. The van der Waals surface area contributed by atoms with Crippen LogP contribution in [0.25, 0.3) is 0 Å². The molecule has 14 heteroatoms. The topological polar surface area (TPSA) is 228 Å². The van der Waals surface area contributed by atoms with E-state index in [9.17, 15) is 45.6 Å². The lowest BCUT2D eigenvalue weighted by atomic mass is 9.97. The smallest absolute Gasteiger partial charge is 0.220 e. The molecule has 2 saturated heterocycles. The van der Waals surface area contributed by atoms with Crippen molar-refractivity contribution in [2.75, 3.05) is 19.8 Å². The molecule has 0 radical (unpaired) electrons. The van der Waals surface area contributed by atoms with Crippen LogP contribution in [0.3, 0.4) is 0 Å². The van der Waals surface area contributed by atoms with E-state index in [1.165, 1.54) is 308 Å². The number of hydrogen-bond acceptors (Lipinski definition) is 13. The van der Waals surface area contributed by atoms with Crippen LogP contribution >= 0.6 is 0 Å². The molecular weight excluding hydrogens is 1220 g/mol. The van der Waals surface area contributed by atoms with Gasteiger partial charge in [0.25, 0.3) is 0 Å². The highest BCUT2D eigenvalue weighted by Crippen LogP contribution is 2.30. The Kier molecular flexibility index (Phi) is 63.0. The molecule has 0 spiro atoms. The number of carbonyl (C=O) groups excluding carboxylic acids is 1. The normalized spacial score (nSPS) is 22.3. The summed E-state index contributed by atoms with van der Waals surface area (Å²) in [6, 6.07) is -0.932. The second-order valence-electron chi connectivity index (χ2n) is 29.2. The highest BCUT2D eigenvalue weighted by Gasteiger charge is 2.51. The Morgan fingerprint density at radius 1 is 0.371 bits per heavy atom. The van der Waals surface area contributed by atoms with Crippen LogP contribution in [0.4, 0.5) is 0 Å². The summed E-state index contributed by atoms with van der Waals surface area (Å²) in [4.78, 5) is 13.4. The first kappa shape index (κ1) is 91.0. The molecule has 0 bridgehead atoms. The zero-order chi connectivity index (χ0) is 70.1. The molecule has 12 atom stereocenters. The molecule has 0 aromatic carbocycles. The first-order valence-electron chi connectivity index (χ1n) is 41.4. The van der Waals surface area contributed by atoms with Gasteiger partial charge in [0, 0.05) is 6.42 Å². The van der Waals surface area contributed by atoms with Crippen LogP contribution in [0.2, 0.25) is 0 Å². The summed E-state index contributed by atoms with van der Waals surface area (Å²) < 4.78 is 22.9. The maximum atomic E-state index is 13.4. The second kappa shape index (κ2) is 67.1. The van der Waals surface area contributed by atoms with Gasteiger partial charge in [0.1, 0.15) is 48.8 Å². The van der Waals surface area contributed by atoms with Crippen LogP contribution in [0.5, 0.6) is 0 Å². The van der Waals surface area contributed by atoms with Crippen molar-refractivity contribution in [3.05, 3.63) is 48.6 Å². The van der Waals surface area contributed by atoms with Gasteiger partial charge in [-0.2, -0.15) is 0 Å². The Bertz CT molecular complexity index is 1810. The molecule has 0 aromatic heterocycles. The Morgan fingerprint density at radius 3 is 1.07 bits per heavy atom. The molecule has 0 aliphatic carbocycles. The van der Waals surface area contributed by atoms with Crippen molar-refractivity contribution in [1.82, 2.24) is 5.32 Å². The lowest BCUT2D eigenvalue weighted by Crippen LogP contribution is -2.65. The molecule has 12 unspecified atom stereocenters. The fraction of sp³-hybridized carbons (Fsp3) is 0.892. The zero-order valence-corrected chi connectivity index (χ0v) is 62.6. The van der Waals surface area contributed by atoms with Gasteiger partial charge < -0.3 is 65.1 Å². The Morgan fingerprint density at radius 2 is 0.691 bits per heavy atom. The Labute approximate surface area is 594 Å². The van der Waals surface area contributed by atoms with Gasteiger partial charge in [-0.3, -0.25) is 4.79 Å². The van der Waals surface area contributed by atoms with E-state index in [1.807, 2.05) is 6.08 Å². The van der Waals surface area contributed by atoms with Gasteiger partial charge in [0.15, 0.2) is 12.6 Å². The summed E-state index contributed by atoms with van der Waals surface area (Å²) in [6.07, 6.45) is 73.6. The molecule has 2 aliphatic rings. The van der Waals surface area contributed by atoms with Crippen LogP contribution in [0.15, 0.2) is 48.6 Å². The van der Waals surface area contributed by atoms with Gasteiger partial charge in [-0.25, -0.2) is 0 Å². The van der Waals surface area contributed by atoms with E-state index >= 15 is 0 Å². The van der Waals surface area contributed by atoms with Gasteiger partial charge in [0.05, 0.1) is 32.0 Å². The highest BCUT2D eigenvalue weighted by molar-refractivity contribution is 5.76. The molecule has 2 aliphatic heterocycles. The largest absolute Gasteiger partial charge is 0.394 e. The van der Waals surface area contributed by atoms with Crippen LogP contribution in [0.1, 0.15) is 380 Å². The number of rotatable bonds is 70. The number of amides is 1. The second-order valence-corrected chi connectivity index (χ2v) is 29.2. The van der Waals surface area contributed by atoms with Gasteiger partial charge in [-0.1, -0.05) is 358 Å². The molecule has 97 heavy (non-hydrogen) atoms. The molecular formula is C83H155NO13. The van der Waals surface area contributed by atoms with E-state index in [-0.39, 0.29) is 18.9 Å². The van der Waals surface area contributed by atoms with Crippen molar-refractivity contribution < 1.29 is 64.6 Å². The van der Waals surface area contributed by atoms with E-state index in [1.54, 1.807) is 6.08 Å². The van der Waals surface area contributed by atoms with E-state index in [4.69, 9.17) is 18.9 Å². The molecule has 0 aromatic rings. The van der Waals surface area contributed by atoms with Crippen LogP contribution in [-0.2, 0) is 23.7 Å². The van der Waals surface area contributed by atoms with Gasteiger partial charge in [-0.05, 0) is 64.2 Å². The SMILES string of the molecule is CCCCCCC/C=C\C/C=C\CCCCCCCCCCCCCCCCCCCCCCCCCCCCCCCC(=O)NC(COC1OC(CO)C(OC2OC(CO)C(O)C(O)C2O)C(O)C1O)C(O)/C=C/CC/C=C/CCCCCCCCCCCCCCCCCC. The van der Waals surface area contributed by atoms with E-state index in [0.717, 1.165) is 38.5 Å². The molecule has 2 heterocycles. The lowest BCUT2D eigenvalue weighted by molar-refractivity contribution is -0.359. The molecule has 570 valence electrons. The summed E-state index contributed by atoms with van der Waals surface area (Å²) in [5.41, 5.74) is 0. The number of ether oxygens (including phenoxy) is 4. The molecule has 9 N–H and O–H groups in total. The number of aliphatic hydroxyl groups is 8. The van der Waals surface area contributed by atoms with Crippen molar-refractivity contribution in [1.29, 1.82) is 0 Å². The summed E-state index contributed by atoms with van der Waals surface area (Å²) in [6.45, 7) is 2.83. The summed E-state index contributed by atoms with van der Waals surface area (Å²) in [5, 5.41) is 87.6. The number of allylic oxidation sites excluding steroid dienone is 7. The molecule has 2 rings (SSSR count). The summed E-state index contributed by atoms with van der Waals surface area (Å²) >= 11 is 0. The maximum absolute atomic E-state index is 13.4. The van der Waals surface area contributed by atoms with E-state index in [0.29, 0.717) is 12.8 Å². The monoisotopic (exact) mass is 1370 g/mol. The standard InChI is InChI=1S/C83H155NO13/c1-3-5-7-9-11-13-15-17-19-21-23-25-27-28-29-30-31-32-33-34-35-36-37-38-39-40-41-42-43-44-45-47-49-51-53-55-57-59-61-63-65-67-75(88)84-71(70-94-82-80(93)78(91)81(74(69-86)96-82)97-83-79(92)77(90)76(89)73(68-85)95-83)72(87)66-64-62-60-58-56-54-52-50-48-46-26-24-22-20-18-16-14-12-10-8-6-4-2/h15,17,21,23,56,58,64,66,71-74,76-83,85-87,89-93H,3-14,16,18-20,22,24-55,57,59-63,65,67-70H2,1-2H3,(H,84,88)/b17-15-,23-21-,58-56+,66-64+. The van der Waals surface area contributed by atoms with Crippen molar-refractivity contribution >= 4 is 5.91 Å². The van der Waals surface area contributed by atoms with Crippen molar-refractivity contribution in [2.45, 2.75) is 453 Å². The number of unbranched alkanes of at least 4 members (excludes halogenated alkanes) is 51. The fourth-order valence-electron chi connectivity index (χ4n) is 13.7. The van der Waals surface area contributed by atoms with Crippen molar-refractivity contribution in [3.8, 4) is 0 Å². The Balaban J connectivity index is 1.56. The predicted molar refractivity (Wildman–Crippen MR) is 401 cm³/mol. The van der Waals surface area contributed by atoms with Crippen LogP contribution < -0.4 is 5.32 Å². The van der Waals surface area contributed by atoms with Crippen molar-refractivity contribution in [3.63, 3.8) is 0 Å². The molecule has 2 fully saturated rings. The third kappa shape index (κ3) is 50.1. The minimum atomic E-state index is -1.79. The van der Waals surface area contributed by atoms with E-state index in [2.05, 4.69) is 55.6 Å². The number of carbonyl (C=O) groups is 1. The van der Waals surface area contributed by atoms with Gasteiger partial charge in [-0.15, -0.1) is 0 Å². The summed E-state index contributed by atoms with van der Waals surface area (Å²) in [5.74, 6) is -0.241. The zero-order valence-electron chi connectivity index (χ0n) is 62.6. The predicted octanol–water partition coefficient (Wildman–Crippen LogP) is 19.0. The van der Waals surface area contributed by atoms with Gasteiger partial charge >= 0.3 is 0 Å². The lowest BCUT2D eigenvalue weighted by Gasteiger charge is -2.46. The summed E-state index contributed by atoms with van der Waals surface area (Å²) in [7, 11) is 0. The number of nitrogens with one attached hydrogen (secondary N) is 1. The molecule has 1 amide bonds. The fourth-order valence-corrected chi connectivity index (χ4v) is 13.7. The minimum absolute atomic E-state index is 0.241. The van der Waals surface area contributed by atoms with Crippen LogP contribution in [0, 0.1) is 0 Å². The minimum Gasteiger partial charge on any atom is -0.394 e. The average Bonchev–Trinajstić information content (AvgIpc) is 0.794. The number of aliphatic hydroxyl groups excluding tert-OH is 8. The van der Waals surface area contributed by atoms with Gasteiger partial charge in [0.2, 0.25) is 5.91 Å². The average molecular weight is 1380 g/mol. The third-order valence-electron chi connectivity index (χ3n) is 20.2. The molecule has 0 saturated carbocycles. The Hall–Kier alpha value is -2.05. The highest BCUT2D eigenvalue weighted by atomic mass is 16.7. The first-order valence-corrected chi connectivity index (χ1v) is 41.4. The van der Waals surface area contributed by atoms with Crippen LogP contribution in [-0.4, -0.2) is 140 Å². The third-order valence-corrected chi connectivity index (χ3v) is 20.2. The first-order chi connectivity index (χ1) is 47.6. The van der Waals surface area contributed by atoms with Crippen molar-refractivity contribution in [2.24, 2.45) is 0 Å².